The number of hydrogen-bond acceptors (Lipinski definition) is 3. The van der Waals surface area contributed by atoms with Crippen LogP contribution in [-0.2, 0) is 19.4 Å². The van der Waals surface area contributed by atoms with Crippen LogP contribution in [0.15, 0.2) is 102 Å². The zero-order valence-corrected chi connectivity index (χ0v) is 23.6. The molecule has 5 heteroatoms. The predicted octanol–water partition coefficient (Wildman–Crippen LogP) is 7.60. The second kappa shape index (κ2) is 11.6. The van der Waals surface area contributed by atoms with E-state index in [4.69, 9.17) is 0 Å². The molecule has 4 nitrogen and oxygen atoms in total. The Kier molecular flexibility index (Phi) is 7.62. The van der Waals surface area contributed by atoms with Crippen molar-refractivity contribution >= 4 is 27.1 Å². The van der Waals surface area contributed by atoms with E-state index in [2.05, 4.69) is 52.7 Å². The summed E-state index contributed by atoms with van der Waals surface area (Å²) in [7, 11) is 3.96. The van der Waals surface area contributed by atoms with Crippen LogP contribution in [0.5, 0.6) is 0 Å². The number of benzene rings is 4. The first-order valence-corrected chi connectivity index (χ1v) is 14.2. The highest BCUT2D eigenvalue weighted by Gasteiger charge is 2.21. The minimum absolute atomic E-state index is 0.119. The number of H-pyrrole nitrogens is 1. The first-order chi connectivity index (χ1) is 20.0. The molecule has 5 aromatic rings. The number of nitrogens with zero attached hydrogens (tertiary/aromatic N) is 2. The topological polar surface area (TPSA) is 49.0 Å². The Labute approximate surface area is 239 Å². The van der Waals surface area contributed by atoms with Gasteiger partial charge in [0.05, 0.1) is 6.20 Å². The van der Waals surface area contributed by atoms with Crippen LogP contribution in [0.3, 0.4) is 0 Å². The number of fused-ring (bicyclic) bond motifs is 5. The Morgan fingerprint density at radius 3 is 2.61 bits per heavy atom. The van der Waals surface area contributed by atoms with Gasteiger partial charge >= 0.3 is 0 Å². The molecule has 0 saturated carbocycles. The molecule has 7 rings (SSSR count). The summed E-state index contributed by atoms with van der Waals surface area (Å²) in [6, 6.07) is 24.2. The highest BCUT2D eigenvalue weighted by atomic mass is 19.1. The smallest absolute Gasteiger partial charge is 0.272 e. The van der Waals surface area contributed by atoms with Crippen LogP contribution in [0.2, 0.25) is 0 Å². The van der Waals surface area contributed by atoms with Crippen molar-refractivity contribution in [3.63, 3.8) is 0 Å². The van der Waals surface area contributed by atoms with Crippen LogP contribution in [-0.4, -0.2) is 29.2 Å². The Morgan fingerprint density at radius 1 is 0.902 bits per heavy atom. The minimum Gasteiger partial charge on any atom is -0.305 e. The molecule has 206 valence electrons. The van der Waals surface area contributed by atoms with Crippen molar-refractivity contribution in [3.05, 3.63) is 141 Å². The summed E-state index contributed by atoms with van der Waals surface area (Å²) in [6.45, 7) is 0.619. The molecule has 1 aromatic heterocycles. The number of allylic oxidation sites excluding steroid dienone is 4. The van der Waals surface area contributed by atoms with Crippen molar-refractivity contribution in [1.82, 2.24) is 15.1 Å². The van der Waals surface area contributed by atoms with Gasteiger partial charge < -0.3 is 4.90 Å². The lowest BCUT2D eigenvalue weighted by atomic mass is 9.78. The molecule has 1 heterocycles. The molecule has 0 bridgehead atoms. The molecule has 0 atom stereocenters. The second-order valence-corrected chi connectivity index (χ2v) is 11.2. The minimum atomic E-state index is -0.136. The van der Waals surface area contributed by atoms with Gasteiger partial charge in [-0.2, -0.15) is 5.10 Å². The van der Waals surface area contributed by atoms with Gasteiger partial charge in [0, 0.05) is 22.9 Å². The second-order valence-electron chi connectivity index (χ2n) is 11.2. The summed E-state index contributed by atoms with van der Waals surface area (Å²) in [6.07, 6.45) is 11.8. The van der Waals surface area contributed by atoms with E-state index in [9.17, 15) is 9.18 Å². The number of aromatic nitrogens is 2. The number of aryl methyl sites for hydroxylation is 1. The summed E-state index contributed by atoms with van der Waals surface area (Å²) in [4.78, 5) is 13.1. The zero-order valence-electron chi connectivity index (χ0n) is 23.6. The Bertz CT molecular complexity index is 1860. The Morgan fingerprint density at radius 2 is 1.76 bits per heavy atom. The maximum Gasteiger partial charge on any atom is 0.272 e. The molecule has 2 aliphatic rings. The van der Waals surface area contributed by atoms with E-state index < -0.39 is 0 Å². The fourth-order valence-corrected chi connectivity index (χ4v) is 6.18. The van der Waals surface area contributed by atoms with Gasteiger partial charge in [0.1, 0.15) is 5.82 Å². The predicted molar refractivity (Wildman–Crippen MR) is 167 cm³/mol. The van der Waals surface area contributed by atoms with E-state index >= 15 is 0 Å². The molecule has 4 aromatic carbocycles. The molecule has 0 saturated heterocycles. The van der Waals surface area contributed by atoms with Gasteiger partial charge in [0.25, 0.3) is 5.56 Å². The van der Waals surface area contributed by atoms with Crippen molar-refractivity contribution in [1.29, 1.82) is 0 Å². The van der Waals surface area contributed by atoms with Gasteiger partial charge in [-0.3, -0.25) is 4.79 Å². The summed E-state index contributed by atoms with van der Waals surface area (Å²) >= 11 is 0. The summed E-state index contributed by atoms with van der Waals surface area (Å²) < 4.78 is 14.3. The fourth-order valence-electron chi connectivity index (χ4n) is 6.18. The van der Waals surface area contributed by atoms with Gasteiger partial charge in [-0.25, -0.2) is 9.49 Å². The van der Waals surface area contributed by atoms with Crippen LogP contribution < -0.4 is 5.56 Å². The number of rotatable bonds is 4. The third kappa shape index (κ3) is 5.63. The van der Waals surface area contributed by atoms with Crippen LogP contribution >= 0.6 is 0 Å². The normalized spacial score (nSPS) is 14.1. The molecule has 0 aliphatic heterocycles. The van der Waals surface area contributed by atoms with Crippen molar-refractivity contribution in [2.24, 2.45) is 0 Å². The Balaban J connectivity index is 0.000000229. The van der Waals surface area contributed by atoms with Gasteiger partial charge in [-0.15, -0.1) is 0 Å². The highest BCUT2D eigenvalue weighted by molar-refractivity contribution is 5.96. The molecule has 1 N–H and O–H groups in total. The van der Waals surface area contributed by atoms with Gasteiger partial charge in [0.15, 0.2) is 0 Å². The highest BCUT2D eigenvalue weighted by Crippen LogP contribution is 2.41. The molecule has 0 amide bonds. The molecule has 41 heavy (non-hydrogen) atoms. The quantitative estimate of drug-likeness (QED) is 0.254. The van der Waals surface area contributed by atoms with E-state index in [0.29, 0.717) is 11.9 Å². The largest absolute Gasteiger partial charge is 0.305 e. The fraction of sp³-hybridized carbons (Fsp3) is 0.222. The van der Waals surface area contributed by atoms with Crippen molar-refractivity contribution in [3.8, 4) is 0 Å². The summed E-state index contributed by atoms with van der Waals surface area (Å²) in [5.74, 6) is -0.119. The molecule has 0 unspecified atom stereocenters. The van der Waals surface area contributed by atoms with E-state index in [1.54, 1.807) is 23.9 Å². The lowest BCUT2D eigenvalue weighted by Gasteiger charge is -2.26. The van der Waals surface area contributed by atoms with Crippen LogP contribution in [0, 0.1) is 5.82 Å². The standard InChI is InChI=1S/C28H28FN.C8H6N2O/c1-30(2)18-23-17-19(10-15-27(23)29)16-22-8-5-7-21-12-13-25-24-9-4-3-6-20(24)11-14-26(25)28(21)22;11-8-7-4-2-1-3-6(7)5-9-10-8/h4-5,7-10,12-13,15,17H,3,6,11,14,16,18H2,1-2H3;1-5H,(H,10,11). The zero-order chi connectivity index (χ0) is 28.3. The molecule has 0 radical (unpaired) electrons. The molecular weight excluding hydrogens is 509 g/mol. The lowest BCUT2D eigenvalue weighted by Crippen LogP contribution is -2.12. The SMILES string of the molecule is CN(C)Cc1cc(Cc2cccc3ccc4c(c23)CCC2=C4C=CCC2)ccc1F.O=c1[nH]ncc2ccccc12. The molecule has 2 aliphatic carbocycles. The number of halogens is 1. The average Bonchev–Trinajstić information content (AvgIpc) is 2.99. The van der Waals surface area contributed by atoms with Crippen molar-refractivity contribution in [2.45, 2.75) is 38.6 Å². The molecule has 0 fully saturated rings. The van der Waals surface area contributed by atoms with Gasteiger partial charge in [0.2, 0.25) is 0 Å². The lowest BCUT2D eigenvalue weighted by molar-refractivity contribution is 0.392. The third-order valence-electron chi connectivity index (χ3n) is 8.05. The number of aromatic amines is 1. The van der Waals surface area contributed by atoms with Crippen molar-refractivity contribution in [2.75, 3.05) is 14.1 Å². The van der Waals surface area contributed by atoms with E-state index in [-0.39, 0.29) is 11.4 Å². The third-order valence-corrected chi connectivity index (χ3v) is 8.05. The van der Waals surface area contributed by atoms with Gasteiger partial charge in [-0.1, -0.05) is 78.4 Å². The van der Waals surface area contributed by atoms with E-state index in [1.165, 1.54) is 57.9 Å². The number of hydrogen-bond donors (Lipinski definition) is 1. The van der Waals surface area contributed by atoms with Crippen LogP contribution in [0.1, 0.15) is 47.1 Å². The first kappa shape index (κ1) is 26.9. The monoisotopic (exact) mass is 543 g/mol. The van der Waals surface area contributed by atoms with Gasteiger partial charge in [-0.05, 0) is 96.9 Å². The molecule has 0 spiro atoms. The maximum absolute atomic E-state index is 14.3. The maximum atomic E-state index is 14.3. The van der Waals surface area contributed by atoms with E-state index in [1.807, 2.05) is 49.3 Å². The Hall–Kier alpha value is -4.35. The van der Waals surface area contributed by atoms with Crippen LogP contribution in [0.4, 0.5) is 4.39 Å². The van der Waals surface area contributed by atoms with Crippen LogP contribution in [0.25, 0.3) is 27.1 Å². The molecular formula is C36H34FN3O. The summed E-state index contributed by atoms with van der Waals surface area (Å²) in [5.41, 5.74) is 9.12. The van der Waals surface area contributed by atoms with Crippen molar-refractivity contribution < 1.29 is 4.39 Å². The average molecular weight is 544 g/mol. The number of nitrogens with one attached hydrogen (secondary N) is 1. The van der Waals surface area contributed by atoms with E-state index in [0.717, 1.165) is 23.8 Å². The summed E-state index contributed by atoms with van der Waals surface area (Å²) in [5, 5.41) is 10.3. The first-order valence-electron chi connectivity index (χ1n) is 14.2.